The molecule has 7 nitrogen and oxygen atoms in total. The van der Waals surface area contributed by atoms with Gasteiger partial charge in [0, 0.05) is 61.2 Å². The highest BCUT2D eigenvalue weighted by Crippen LogP contribution is 2.38. The Morgan fingerprint density at radius 2 is 1.94 bits per heavy atom. The summed E-state index contributed by atoms with van der Waals surface area (Å²) < 4.78 is 16.5. The summed E-state index contributed by atoms with van der Waals surface area (Å²) in [6.07, 6.45) is 2.32. The third kappa shape index (κ3) is 5.06. The first-order chi connectivity index (χ1) is 15.7. The number of morpholine rings is 1. The number of para-hydroxylation sites is 1. The number of carbonyl (C=O) groups is 1. The lowest BCUT2D eigenvalue weighted by atomic mass is 9.87. The Balaban J connectivity index is 1.57. The Morgan fingerprint density at radius 1 is 1.12 bits per heavy atom. The van der Waals surface area contributed by atoms with E-state index in [9.17, 15) is 4.79 Å². The van der Waals surface area contributed by atoms with E-state index in [1.54, 1.807) is 14.2 Å². The Morgan fingerprint density at radius 3 is 2.72 bits per heavy atom. The van der Waals surface area contributed by atoms with Crippen LogP contribution < -0.4 is 14.8 Å². The second-order valence-corrected chi connectivity index (χ2v) is 7.96. The van der Waals surface area contributed by atoms with E-state index >= 15 is 0 Å². The molecular weight excluding hydrogens is 406 g/mol. The third-order valence-electron chi connectivity index (χ3n) is 6.05. The van der Waals surface area contributed by atoms with Gasteiger partial charge in [0.1, 0.15) is 11.5 Å². The van der Waals surface area contributed by atoms with Crippen molar-refractivity contribution in [2.24, 2.45) is 0 Å². The van der Waals surface area contributed by atoms with Crippen LogP contribution in [0.15, 0.2) is 48.7 Å². The Kier molecular flexibility index (Phi) is 7.29. The minimum Gasteiger partial charge on any atom is -0.497 e. The molecule has 0 radical (unpaired) electrons. The van der Waals surface area contributed by atoms with Gasteiger partial charge in [-0.2, -0.15) is 0 Å². The zero-order chi connectivity index (χ0) is 22.3. The zero-order valence-electron chi connectivity index (χ0n) is 18.7. The number of nitrogens with one attached hydrogen (secondary N) is 2. The molecular formula is C25H31N3O4. The minimum absolute atomic E-state index is 0.0198. The normalized spacial score (nSPS) is 15.4. The van der Waals surface area contributed by atoms with Gasteiger partial charge in [-0.05, 0) is 29.8 Å². The Bertz CT molecular complexity index is 1040. The molecule has 0 bridgehead atoms. The SMILES string of the molecule is COc1ccc2[nH]cc([C@@H](CC(=O)NCCN3CCOCC3)c3ccccc3OC)c2c1. The van der Waals surface area contributed by atoms with Gasteiger partial charge in [-0.3, -0.25) is 9.69 Å². The lowest BCUT2D eigenvalue weighted by molar-refractivity contribution is -0.121. The Labute approximate surface area is 188 Å². The molecule has 1 aliphatic rings. The van der Waals surface area contributed by atoms with E-state index in [0.29, 0.717) is 13.0 Å². The molecule has 7 heteroatoms. The molecule has 3 aromatic rings. The van der Waals surface area contributed by atoms with Crippen molar-refractivity contribution in [1.82, 2.24) is 15.2 Å². The first-order valence-corrected chi connectivity index (χ1v) is 11.0. The number of rotatable bonds is 9. The van der Waals surface area contributed by atoms with Gasteiger partial charge < -0.3 is 24.5 Å². The van der Waals surface area contributed by atoms with Crippen molar-refractivity contribution in [2.45, 2.75) is 12.3 Å². The van der Waals surface area contributed by atoms with Gasteiger partial charge >= 0.3 is 0 Å². The molecule has 32 heavy (non-hydrogen) atoms. The summed E-state index contributed by atoms with van der Waals surface area (Å²) >= 11 is 0. The van der Waals surface area contributed by atoms with Gasteiger partial charge in [0.25, 0.3) is 0 Å². The first kappa shape index (κ1) is 22.2. The average Bonchev–Trinajstić information content (AvgIpc) is 3.26. The van der Waals surface area contributed by atoms with Gasteiger partial charge in [-0.25, -0.2) is 0 Å². The summed E-state index contributed by atoms with van der Waals surface area (Å²) in [5.41, 5.74) is 3.04. The molecule has 2 heterocycles. The van der Waals surface area contributed by atoms with Crippen LogP contribution in [0.1, 0.15) is 23.5 Å². The first-order valence-electron chi connectivity index (χ1n) is 11.0. The molecule has 2 N–H and O–H groups in total. The number of hydrogen-bond acceptors (Lipinski definition) is 5. The van der Waals surface area contributed by atoms with Crippen LogP contribution in [-0.4, -0.2) is 69.4 Å². The summed E-state index contributed by atoms with van der Waals surface area (Å²) in [5, 5.41) is 4.15. The molecule has 4 rings (SSSR count). The largest absolute Gasteiger partial charge is 0.497 e. The molecule has 1 fully saturated rings. The summed E-state index contributed by atoms with van der Waals surface area (Å²) in [6, 6.07) is 13.8. The minimum atomic E-state index is -0.157. The Hall–Kier alpha value is -3.03. The van der Waals surface area contributed by atoms with Crippen LogP contribution in [0.2, 0.25) is 0 Å². The van der Waals surface area contributed by atoms with Gasteiger partial charge in [0.15, 0.2) is 0 Å². The molecule has 0 aliphatic carbocycles. The number of benzene rings is 2. The quantitative estimate of drug-likeness (QED) is 0.538. The van der Waals surface area contributed by atoms with E-state index in [1.807, 2.05) is 48.7 Å². The van der Waals surface area contributed by atoms with Gasteiger partial charge in [0.2, 0.25) is 5.91 Å². The molecule has 1 atom stereocenters. The predicted octanol–water partition coefficient (Wildman–Crippen LogP) is 3.16. The van der Waals surface area contributed by atoms with Crippen molar-refractivity contribution < 1.29 is 19.0 Å². The van der Waals surface area contributed by atoms with Crippen LogP contribution in [0, 0.1) is 0 Å². The number of ether oxygens (including phenoxy) is 3. The standard InChI is InChI=1S/C25H31N3O4/c1-30-18-7-8-23-21(15-18)22(17-27-23)20(19-5-3-4-6-24(19)31-2)16-25(29)26-9-10-28-11-13-32-14-12-28/h3-8,15,17,20,27H,9-14,16H2,1-2H3,(H,26,29)/t20-/m0/s1. The number of aromatic nitrogens is 1. The number of methoxy groups -OCH3 is 2. The lowest BCUT2D eigenvalue weighted by Gasteiger charge is -2.26. The smallest absolute Gasteiger partial charge is 0.220 e. The number of amides is 1. The summed E-state index contributed by atoms with van der Waals surface area (Å²) in [5.74, 6) is 1.42. The fourth-order valence-electron chi connectivity index (χ4n) is 4.31. The topological polar surface area (TPSA) is 75.8 Å². The van der Waals surface area contributed by atoms with Crippen LogP contribution in [0.3, 0.4) is 0 Å². The van der Waals surface area contributed by atoms with E-state index < -0.39 is 0 Å². The molecule has 1 aromatic heterocycles. The molecule has 2 aromatic carbocycles. The van der Waals surface area contributed by atoms with Crippen molar-refractivity contribution in [3.05, 3.63) is 59.8 Å². The highest BCUT2D eigenvalue weighted by Gasteiger charge is 2.24. The number of nitrogens with zero attached hydrogens (tertiary/aromatic N) is 1. The number of hydrogen-bond donors (Lipinski definition) is 2. The number of aromatic amines is 1. The molecule has 1 aliphatic heterocycles. The molecule has 0 unspecified atom stereocenters. The van der Waals surface area contributed by atoms with Crippen LogP contribution in [0.25, 0.3) is 10.9 Å². The number of fused-ring (bicyclic) bond motifs is 1. The molecule has 1 amide bonds. The van der Waals surface area contributed by atoms with Crippen molar-refractivity contribution in [3.8, 4) is 11.5 Å². The van der Waals surface area contributed by atoms with Crippen LogP contribution >= 0.6 is 0 Å². The zero-order valence-corrected chi connectivity index (χ0v) is 18.7. The molecule has 0 saturated carbocycles. The van der Waals surface area contributed by atoms with Gasteiger partial charge in [0.05, 0.1) is 27.4 Å². The van der Waals surface area contributed by atoms with E-state index in [1.165, 1.54) is 0 Å². The maximum atomic E-state index is 13.0. The number of H-pyrrole nitrogens is 1. The molecule has 0 spiro atoms. The van der Waals surface area contributed by atoms with Crippen LogP contribution in [-0.2, 0) is 9.53 Å². The second-order valence-electron chi connectivity index (χ2n) is 7.96. The van der Waals surface area contributed by atoms with Gasteiger partial charge in [-0.1, -0.05) is 18.2 Å². The fraction of sp³-hybridized carbons (Fsp3) is 0.400. The fourth-order valence-corrected chi connectivity index (χ4v) is 4.31. The van der Waals surface area contributed by atoms with E-state index in [0.717, 1.165) is 66.4 Å². The third-order valence-corrected chi connectivity index (χ3v) is 6.05. The highest BCUT2D eigenvalue weighted by atomic mass is 16.5. The van der Waals surface area contributed by atoms with E-state index in [2.05, 4.69) is 15.2 Å². The van der Waals surface area contributed by atoms with Crippen LogP contribution in [0.5, 0.6) is 11.5 Å². The maximum absolute atomic E-state index is 13.0. The van der Waals surface area contributed by atoms with Crippen molar-refractivity contribution in [1.29, 1.82) is 0 Å². The van der Waals surface area contributed by atoms with Crippen molar-refractivity contribution >= 4 is 16.8 Å². The monoisotopic (exact) mass is 437 g/mol. The highest BCUT2D eigenvalue weighted by molar-refractivity contribution is 5.87. The van der Waals surface area contributed by atoms with E-state index in [-0.39, 0.29) is 11.8 Å². The van der Waals surface area contributed by atoms with Gasteiger partial charge in [-0.15, -0.1) is 0 Å². The molecule has 1 saturated heterocycles. The molecule has 170 valence electrons. The number of carbonyl (C=O) groups excluding carboxylic acids is 1. The predicted molar refractivity (Wildman–Crippen MR) is 125 cm³/mol. The summed E-state index contributed by atoms with van der Waals surface area (Å²) in [7, 11) is 3.32. The maximum Gasteiger partial charge on any atom is 0.220 e. The van der Waals surface area contributed by atoms with Crippen molar-refractivity contribution in [2.75, 3.05) is 53.6 Å². The van der Waals surface area contributed by atoms with Crippen LogP contribution in [0.4, 0.5) is 0 Å². The van der Waals surface area contributed by atoms with Crippen molar-refractivity contribution in [3.63, 3.8) is 0 Å². The average molecular weight is 438 g/mol. The lowest BCUT2D eigenvalue weighted by Crippen LogP contribution is -2.41. The second kappa shape index (κ2) is 10.5. The van der Waals surface area contributed by atoms with E-state index in [4.69, 9.17) is 14.2 Å². The summed E-state index contributed by atoms with van der Waals surface area (Å²) in [6.45, 7) is 4.80. The summed E-state index contributed by atoms with van der Waals surface area (Å²) in [4.78, 5) is 18.6.